The Bertz CT molecular complexity index is 805. The summed E-state index contributed by atoms with van der Waals surface area (Å²) >= 11 is 0. The van der Waals surface area contributed by atoms with E-state index in [1.807, 2.05) is 6.07 Å². The Balaban J connectivity index is 1.93. The summed E-state index contributed by atoms with van der Waals surface area (Å²) in [6.07, 6.45) is 3.07. The number of nitrogens with zero attached hydrogens (tertiary/aromatic N) is 3. The van der Waals surface area contributed by atoms with Crippen LogP contribution in [0.25, 0.3) is 11.0 Å². The summed E-state index contributed by atoms with van der Waals surface area (Å²) in [6.45, 7) is 1.40. The first-order valence-corrected chi connectivity index (χ1v) is 6.31. The number of hydrogen-bond donors (Lipinski definition) is 1. The summed E-state index contributed by atoms with van der Waals surface area (Å²) in [5.74, 6) is -0.417. The molecule has 0 saturated carbocycles. The maximum absolute atomic E-state index is 12.0. The molecular weight excluding hydrogens is 272 g/mol. The van der Waals surface area contributed by atoms with Crippen LogP contribution in [-0.2, 0) is 11.3 Å². The van der Waals surface area contributed by atoms with E-state index in [1.54, 1.807) is 24.4 Å². The number of rotatable bonds is 4. The van der Waals surface area contributed by atoms with Gasteiger partial charge in [-0.15, -0.1) is 5.10 Å². The number of nitrogens with one attached hydrogen (secondary N) is 1. The minimum absolute atomic E-state index is 0.0108. The molecule has 3 rings (SSSR count). The van der Waals surface area contributed by atoms with Gasteiger partial charge >= 0.3 is 0 Å². The highest BCUT2D eigenvalue weighted by Crippen LogP contribution is 2.31. The second-order valence-corrected chi connectivity index (χ2v) is 4.51. The van der Waals surface area contributed by atoms with Crippen molar-refractivity contribution >= 4 is 28.3 Å². The molecule has 0 aliphatic carbocycles. The van der Waals surface area contributed by atoms with E-state index in [4.69, 9.17) is 4.42 Å². The van der Waals surface area contributed by atoms with Gasteiger partial charge in [-0.05, 0) is 12.1 Å². The number of para-hydroxylation sites is 1. The molecule has 1 N–H and O–H groups in total. The first-order chi connectivity index (χ1) is 10.1. The summed E-state index contributed by atoms with van der Waals surface area (Å²) in [6, 6.07) is 7.15. The number of aromatic nitrogens is 3. The zero-order chi connectivity index (χ0) is 14.8. The molecule has 3 aromatic rings. The summed E-state index contributed by atoms with van der Waals surface area (Å²) in [5, 5.41) is 10.7. The molecule has 1 aromatic carbocycles. The van der Waals surface area contributed by atoms with Crippen molar-refractivity contribution in [3.05, 3.63) is 42.4 Å². The number of hydrogen-bond acceptors (Lipinski definition) is 5. The van der Waals surface area contributed by atoms with Crippen molar-refractivity contribution in [2.45, 2.75) is 13.5 Å². The van der Waals surface area contributed by atoms with Crippen LogP contribution in [-0.4, -0.2) is 26.7 Å². The van der Waals surface area contributed by atoms with Crippen LogP contribution >= 0.6 is 0 Å². The summed E-state index contributed by atoms with van der Waals surface area (Å²) in [7, 11) is 0. The molecule has 106 valence electrons. The number of carbonyl (C=O) groups is 2. The molecule has 0 fully saturated rings. The monoisotopic (exact) mass is 284 g/mol. The third-order valence-electron chi connectivity index (χ3n) is 2.96. The largest absolute Gasteiger partial charge is 0.451 e. The van der Waals surface area contributed by atoms with Crippen molar-refractivity contribution in [1.29, 1.82) is 0 Å². The molecule has 0 atom stereocenters. The summed E-state index contributed by atoms with van der Waals surface area (Å²) < 4.78 is 6.89. The standard InChI is InChI=1S/C14H12N4O3/c1-9(19)14-13(10-4-2-3-5-11(10)21-14)16-12(20)8-18-7-6-15-17-18/h2-7H,8H2,1H3,(H,16,20). The molecule has 0 aliphatic rings. The maximum Gasteiger partial charge on any atom is 0.246 e. The number of anilines is 1. The fraction of sp³-hybridized carbons (Fsp3) is 0.143. The molecule has 0 unspecified atom stereocenters. The number of Topliss-reactive ketones (excluding diaryl/α,β-unsaturated/α-hetero) is 1. The average Bonchev–Trinajstić information content (AvgIpc) is 3.07. The van der Waals surface area contributed by atoms with Crippen LogP contribution in [0.3, 0.4) is 0 Å². The maximum atomic E-state index is 12.0. The van der Waals surface area contributed by atoms with Crippen LogP contribution in [0.1, 0.15) is 17.5 Å². The van der Waals surface area contributed by atoms with E-state index >= 15 is 0 Å². The molecule has 0 saturated heterocycles. The van der Waals surface area contributed by atoms with Gasteiger partial charge in [0.1, 0.15) is 12.1 Å². The van der Waals surface area contributed by atoms with Gasteiger partial charge in [-0.25, -0.2) is 4.68 Å². The lowest BCUT2D eigenvalue weighted by Gasteiger charge is -2.04. The third kappa shape index (κ3) is 2.53. The number of amides is 1. The van der Waals surface area contributed by atoms with Crippen molar-refractivity contribution in [3.63, 3.8) is 0 Å². The van der Waals surface area contributed by atoms with Crippen LogP contribution in [0.5, 0.6) is 0 Å². The van der Waals surface area contributed by atoms with Crippen LogP contribution in [0.2, 0.25) is 0 Å². The molecule has 2 heterocycles. The van der Waals surface area contributed by atoms with Crippen molar-refractivity contribution in [3.8, 4) is 0 Å². The molecule has 7 nitrogen and oxygen atoms in total. The van der Waals surface area contributed by atoms with Crippen LogP contribution in [0.4, 0.5) is 5.69 Å². The van der Waals surface area contributed by atoms with E-state index in [0.717, 1.165) is 0 Å². The Morgan fingerprint density at radius 3 is 2.86 bits per heavy atom. The van der Waals surface area contributed by atoms with E-state index < -0.39 is 0 Å². The molecule has 2 aromatic heterocycles. The van der Waals surface area contributed by atoms with Crippen molar-refractivity contribution in [2.75, 3.05) is 5.32 Å². The Kier molecular flexibility index (Phi) is 3.23. The molecule has 7 heteroatoms. The summed E-state index contributed by atoms with van der Waals surface area (Å²) in [5.41, 5.74) is 0.946. The highest BCUT2D eigenvalue weighted by molar-refractivity contribution is 6.10. The van der Waals surface area contributed by atoms with Crippen LogP contribution in [0, 0.1) is 0 Å². The number of ketones is 1. The van der Waals surface area contributed by atoms with E-state index in [-0.39, 0.29) is 24.0 Å². The van der Waals surface area contributed by atoms with E-state index in [0.29, 0.717) is 16.7 Å². The minimum atomic E-state index is -0.311. The number of carbonyl (C=O) groups excluding carboxylic acids is 2. The molecule has 0 bridgehead atoms. The van der Waals surface area contributed by atoms with Crippen LogP contribution < -0.4 is 5.32 Å². The Hall–Kier alpha value is -2.96. The van der Waals surface area contributed by atoms with Gasteiger partial charge < -0.3 is 9.73 Å². The fourth-order valence-electron chi connectivity index (χ4n) is 2.06. The zero-order valence-corrected chi connectivity index (χ0v) is 11.2. The lowest BCUT2D eigenvalue weighted by atomic mass is 10.2. The van der Waals surface area contributed by atoms with Crippen molar-refractivity contribution in [1.82, 2.24) is 15.0 Å². The lowest BCUT2D eigenvalue weighted by molar-refractivity contribution is -0.116. The van der Waals surface area contributed by atoms with Crippen LogP contribution in [0.15, 0.2) is 41.1 Å². The molecule has 21 heavy (non-hydrogen) atoms. The molecule has 0 radical (unpaired) electrons. The van der Waals surface area contributed by atoms with E-state index in [2.05, 4.69) is 15.6 Å². The predicted molar refractivity (Wildman–Crippen MR) is 74.9 cm³/mol. The minimum Gasteiger partial charge on any atom is -0.451 e. The van der Waals surface area contributed by atoms with Gasteiger partial charge in [0, 0.05) is 18.5 Å². The van der Waals surface area contributed by atoms with E-state index in [9.17, 15) is 9.59 Å². The second kappa shape index (κ2) is 5.20. The van der Waals surface area contributed by atoms with Gasteiger partial charge in [-0.2, -0.15) is 0 Å². The normalized spacial score (nSPS) is 10.7. The Labute approximate surface area is 119 Å². The van der Waals surface area contributed by atoms with Gasteiger partial charge in [0.05, 0.1) is 11.9 Å². The van der Waals surface area contributed by atoms with E-state index in [1.165, 1.54) is 17.8 Å². The smallest absolute Gasteiger partial charge is 0.246 e. The Morgan fingerprint density at radius 2 is 2.14 bits per heavy atom. The molecule has 0 aliphatic heterocycles. The van der Waals surface area contributed by atoms with Crippen molar-refractivity contribution < 1.29 is 14.0 Å². The van der Waals surface area contributed by atoms with Gasteiger partial charge in [-0.1, -0.05) is 17.3 Å². The highest BCUT2D eigenvalue weighted by atomic mass is 16.3. The average molecular weight is 284 g/mol. The number of fused-ring (bicyclic) bond motifs is 1. The highest BCUT2D eigenvalue weighted by Gasteiger charge is 2.19. The van der Waals surface area contributed by atoms with Gasteiger partial charge in [-0.3, -0.25) is 9.59 Å². The first kappa shape index (κ1) is 13.0. The third-order valence-corrected chi connectivity index (χ3v) is 2.96. The number of furan rings is 1. The topological polar surface area (TPSA) is 90.0 Å². The number of benzene rings is 1. The Morgan fingerprint density at radius 1 is 1.33 bits per heavy atom. The second-order valence-electron chi connectivity index (χ2n) is 4.51. The zero-order valence-electron chi connectivity index (χ0n) is 11.2. The predicted octanol–water partition coefficient (Wildman–Crippen LogP) is 1.87. The van der Waals surface area contributed by atoms with Gasteiger partial charge in [0.15, 0.2) is 11.5 Å². The fourth-order valence-corrected chi connectivity index (χ4v) is 2.06. The quantitative estimate of drug-likeness (QED) is 0.738. The molecular formula is C14H12N4O3. The lowest BCUT2D eigenvalue weighted by Crippen LogP contribution is -2.20. The summed E-state index contributed by atoms with van der Waals surface area (Å²) in [4.78, 5) is 23.7. The molecule has 1 amide bonds. The first-order valence-electron chi connectivity index (χ1n) is 6.31. The van der Waals surface area contributed by atoms with Gasteiger partial charge in [0.25, 0.3) is 0 Å². The van der Waals surface area contributed by atoms with Gasteiger partial charge in [0.2, 0.25) is 5.91 Å². The molecule has 0 spiro atoms. The SMILES string of the molecule is CC(=O)c1oc2ccccc2c1NC(=O)Cn1ccnn1. The van der Waals surface area contributed by atoms with Crippen molar-refractivity contribution in [2.24, 2.45) is 0 Å².